The molecule has 1 amide bonds. The Hall–Kier alpha value is -3.19. The Kier molecular flexibility index (Phi) is 7.30. The van der Waals surface area contributed by atoms with Gasteiger partial charge in [0, 0.05) is 17.7 Å². The summed E-state index contributed by atoms with van der Waals surface area (Å²) in [5.74, 6) is -0.538. The van der Waals surface area contributed by atoms with Gasteiger partial charge in [0.1, 0.15) is 11.5 Å². The van der Waals surface area contributed by atoms with Crippen LogP contribution in [0.15, 0.2) is 42.0 Å². The van der Waals surface area contributed by atoms with Gasteiger partial charge < -0.3 is 24.2 Å². The van der Waals surface area contributed by atoms with Crippen LogP contribution in [-0.4, -0.2) is 49.1 Å². The predicted octanol–water partition coefficient (Wildman–Crippen LogP) is 4.59. The minimum absolute atomic E-state index is 0.0280. The average molecular weight is 460 g/mol. The molecule has 1 aliphatic heterocycles. The van der Waals surface area contributed by atoms with Gasteiger partial charge in [-0.3, -0.25) is 9.59 Å². The van der Waals surface area contributed by atoms with Crippen LogP contribution in [0.1, 0.15) is 37.4 Å². The van der Waals surface area contributed by atoms with E-state index < -0.39 is 17.7 Å². The van der Waals surface area contributed by atoms with Crippen LogP contribution >= 0.6 is 11.6 Å². The number of amides is 1. The molecule has 1 N–H and O–H groups in total. The van der Waals surface area contributed by atoms with Crippen molar-refractivity contribution in [2.75, 3.05) is 27.4 Å². The fourth-order valence-electron chi connectivity index (χ4n) is 3.87. The number of ketones is 1. The molecule has 1 aliphatic rings. The van der Waals surface area contributed by atoms with E-state index in [9.17, 15) is 14.7 Å². The summed E-state index contributed by atoms with van der Waals surface area (Å²) in [4.78, 5) is 27.4. The maximum absolute atomic E-state index is 13.1. The average Bonchev–Trinajstić information content (AvgIpc) is 3.04. The van der Waals surface area contributed by atoms with Gasteiger partial charge in [0.25, 0.3) is 11.7 Å². The summed E-state index contributed by atoms with van der Waals surface area (Å²) in [6.07, 6.45) is 0.630. The summed E-state index contributed by atoms with van der Waals surface area (Å²) >= 11 is 6.17. The van der Waals surface area contributed by atoms with Gasteiger partial charge in [-0.05, 0) is 37.6 Å². The molecule has 1 atom stereocenters. The number of hydrogen-bond donors (Lipinski definition) is 1. The molecule has 1 saturated heterocycles. The minimum Gasteiger partial charge on any atom is -0.507 e. The molecule has 3 rings (SSSR count). The van der Waals surface area contributed by atoms with Crippen LogP contribution in [0.2, 0.25) is 5.02 Å². The third-order valence-electron chi connectivity index (χ3n) is 5.24. The van der Waals surface area contributed by atoms with E-state index >= 15 is 0 Å². The fraction of sp³-hybridized carbons (Fsp3) is 0.333. The number of aliphatic hydroxyl groups is 1. The van der Waals surface area contributed by atoms with Gasteiger partial charge >= 0.3 is 0 Å². The zero-order valence-corrected chi connectivity index (χ0v) is 19.2. The Balaban J connectivity index is 2.26. The van der Waals surface area contributed by atoms with Crippen molar-refractivity contribution in [3.63, 3.8) is 0 Å². The van der Waals surface area contributed by atoms with E-state index in [1.165, 1.54) is 19.1 Å². The van der Waals surface area contributed by atoms with Crippen LogP contribution in [0, 0.1) is 0 Å². The summed E-state index contributed by atoms with van der Waals surface area (Å²) < 4.78 is 16.5. The number of likely N-dealkylation sites (tertiary alicyclic amines) is 1. The van der Waals surface area contributed by atoms with Gasteiger partial charge in [0.15, 0.2) is 11.5 Å². The van der Waals surface area contributed by atoms with Crippen LogP contribution in [0.3, 0.4) is 0 Å². The molecule has 0 bridgehead atoms. The smallest absolute Gasteiger partial charge is 0.295 e. The fourth-order valence-corrected chi connectivity index (χ4v) is 4.05. The highest BCUT2D eigenvalue weighted by atomic mass is 35.5. The summed E-state index contributed by atoms with van der Waals surface area (Å²) in [5, 5.41) is 11.6. The van der Waals surface area contributed by atoms with Crippen molar-refractivity contribution in [1.29, 1.82) is 0 Å². The summed E-state index contributed by atoms with van der Waals surface area (Å²) in [6, 6.07) is 9.08. The number of carbonyl (C=O) groups is 2. The molecule has 7 nitrogen and oxygen atoms in total. The topological polar surface area (TPSA) is 85.3 Å². The molecule has 170 valence electrons. The lowest BCUT2D eigenvalue weighted by Crippen LogP contribution is -2.30. The Morgan fingerprint density at radius 3 is 2.47 bits per heavy atom. The number of hydrogen-bond acceptors (Lipinski definition) is 6. The van der Waals surface area contributed by atoms with Crippen molar-refractivity contribution in [1.82, 2.24) is 4.90 Å². The first-order valence-electron chi connectivity index (χ1n) is 10.3. The van der Waals surface area contributed by atoms with Crippen molar-refractivity contribution in [3.8, 4) is 17.2 Å². The van der Waals surface area contributed by atoms with Crippen molar-refractivity contribution in [3.05, 3.63) is 58.1 Å². The monoisotopic (exact) mass is 459 g/mol. The highest BCUT2D eigenvalue weighted by molar-refractivity contribution is 6.46. The number of nitrogens with zero attached hydrogens (tertiary/aromatic N) is 1. The van der Waals surface area contributed by atoms with E-state index in [2.05, 4.69) is 0 Å². The molecule has 0 radical (unpaired) electrons. The summed E-state index contributed by atoms with van der Waals surface area (Å²) in [6.45, 7) is 4.43. The molecule has 0 aromatic heterocycles. The van der Waals surface area contributed by atoms with Gasteiger partial charge in [-0.2, -0.15) is 0 Å². The Morgan fingerprint density at radius 2 is 1.84 bits per heavy atom. The molecule has 2 aromatic rings. The second-order valence-corrected chi connectivity index (χ2v) is 7.56. The first-order chi connectivity index (χ1) is 15.4. The van der Waals surface area contributed by atoms with Crippen molar-refractivity contribution >= 4 is 29.1 Å². The van der Waals surface area contributed by atoms with E-state index in [1.807, 2.05) is 13.8 Å². The van der Waals surface area contributed by atoms with E-state index in [4.69, 9.17) is 25.8 Å². The predicted molar refractivity (Wildman–Crippen MR) is 121 cm³/mol. The SMILES string of the molecule is CCCN1C(=O)C(=O)/C(=C(/O)c2ccc(Cl)c(OCC)c2)C1c1cccc(OC)c1OC. The Bertz CT molecular complexity index is 1060. The maximum Gasteiger partial charge on any atom is 0.295 e. The number of rotatable bonds is 8. The number of Topliss-reactive ketones (excluding diaryl/α,β-unsaturated/α-hetero) is 1. The second-order valence-electron chi connectivity index (χ2n) is 7.15. The van der Waals surface area contributed by atoms with Crippen molar-refractivity contribution < 1.29 is 28.9 Å². The van der Waals surface area contributed by atoms with Gasteiger partial charge in [0.05, 0.1) is 37.5 Å². The standard InChI is InChI=1S/C24H26ClNO6/c1-5-12-26-20(15-8-7-9-17(30-3)23(15)31-4)19(22(28)24(26)29)21(27)14-10-11-16(25)18(13-14)32-6-2/h7-11,13,20,27H,5-6,12H2,1-4H3/b21-19+. The molecular weight excluding hydrogens is 434 g/mol. The highest BCUT2D eigenvalue weighted by Crippen LogP contribution is 2.45. The lowest BCUT2D eigenvalue weighted by molar-refractivity contribution is -0.139. The van der Waals surface area contributed by atoms with Crippen molar-refractivity contribution in [2.45, 2.75) is 26.3 Å². The van der Waals surface area contributed by atoms with E-state index in [1.54, 1.807) is 36.4 Å². The molecule has 0 aliphatic carbocycles. The van der Waals surface area contributed by atoms with Crippen LogP contribution in [0.5, 0.6) is 17.2 Å². The molecule has 0 spiro atoms. The van der Waals surface area contributed by atoms with Crippen molar-refractivity contribution in [2.24, 2.45) is 0 Å². The summed E-state index contributed by atoms with van der Waals surface area (Å²) in [7, 11) is 2.99. The van der Waals surface area contributed by atoms with Gasteiger partial charge in [0.2, 0.25) is 0 Å². The molecule has 0 saturated carbocycles. The van der Waals surface area contributed by atoms with Crippen LogP contribution < -0.4 is 14.2 Å². The second kappa shape index (κ2) is 9.96. The lowest BCUT2D eigenvalue weighted by Gasteiger charge is -2.26. The molecular formula is C24H26ClNO6. The zero-order valence-electron chi connectivity index (χ0n) is 18.5. The number of benzene rings is 2. The van der Waals surface area contributed by atoms with E-state index in [0.29, 0.717) is 53.0 Å². The Labute approximate surface area is 192 Å². The summed E-state index contributed by atoms with van der Waals surface area (Å²) in [5.41, 5.74) is 0.832. The third-order valence-corrected chi connectivity index (χ3v) is 5.55. The highest BCUT2D eigenvalue weighted by Gasteiger charge is 2.47. The Morgan fingerprint density at radius 1 is 1.09 bits per heavy atom. The quantitative estimate of drug-likeness (QED) is 0.353. The van der Waals surface area contributed by atoms with Gasteiger partial charge in [-0.1, -0.05) is 30.7 Å². The number of carbonyl (C=O) groups excluding carboxylic acids is 2. The number of halogens is 1. The largest absolute Gasteiger partial charge is 0.507 e. The molecule has 1 fully saturated rings. The molecule has 1 heterocycles. The first-order valence-corrected chi connectivity index (χ1v) is 10.7. The van der Waals surface area contributed by atoms with Crippen LogP contribution in [-0.2, 0) is 9.59 Å². The third kappa shape index (κ3) is 4.12. The van der Waals surface area contributed by atoms with Crippen LogP contribution in [0.25, 0.3) is 5.76 Å². The van der Waals surface area contributed by atoms with E-state index in [-0.39, 0.29) is 11.3 Å². The van der Waals surface area contributed by atoms with Crippen LogP contribution in [0.4, 0.5) is 0 Å². The zero-order chi connectivity index (χ0) is 23.4. The maximum atomic E-state index is 13.1. The van der Waals surface area contributed by atoms with Gasteiger partial charge in [-0.15, -0.1) is 0 Å². The van der Waals surface area contributed by atoms with Gasteiger partial charge in [-0.25, -0.2) is 0 Å². The number of methoxy groups -OCH3 is 2. The molecule has 8 heteroatoms. The first kappa shape index (κ1) is 23.5. The normalized spacial score (nSPS) is 17.5. The number of ether oxygens (including phenoxy) is 3. The lowest BCUT2D eigenvalue weighted by atomic mass is 9.94. The molecule has 2 aromatic carbocycles. The van der Waals surface area contributed by atoms with E-state index in [0.717, 1.165) is 0 Å². The minimum atomic E-state index is -0.841. The number of para-hydroxylation sites is 1. The molecule has 32 heavy (non-hydrogen) atoms. The molecule has 1 unspecified atom stereocenters. The number of aliphatic hydroxyl groups excluding tert-OH is 1.